The summed E-state index contributed by atoms with van der Waals surface area (Å²) in [6.07, 6.45) is 11.7. The van der Waals surface area contributed by atoms with Gasteiger partial charge in [-0.3, -0.25) is 4.79 Å². The third kappa shape index (κ3) is 5.66. The van der Waals surface area contributed by atoms with Crippen LogP contribution < -0.4 is 10.1 Å². The van der Waals surface area contributed by atoms with Crippen molar-refractivity contribution in [2.24, 2.45) is 33.5 Å². The largest absolute Gasteiger partial charge is 0.497 e. The summed E-state index contributed by atoms with van der Waals surface area (Å²) in [6, 6.07) is 31.4. The van der Waals surface area contributed by atoms with Crippen LogP contribution in [0.2, 0.25) is 0 Å². The number of rotatable bonds is 9. The van der Waals surface area contributed by atoms with Crippen LogP contribution in [-0.2, 0) is 6.54 Å². The molecule has 10 rings (SSSR count). The monoisotopic (exact) mass is 764 g/mol. The quantitative estimate of drug-likeness (QED) is 0.117. The van der Waals surface area contributed by atoms with Crippen molar-refractivity contribution in [1.29, 1.82) is 0 Å². The molecule has 0 aliphatic heterocycles. The van der Waals surface area contributed by atoms with E-state index in [1.54, 1.807) is 7.11 Å². The highest BCUT2D eigenvalue weighted by Crippen LogP contribution is 2.78. The van der Waals surface area contributed by atoms with Crippen LogP contribution in [0, 0.1) is 33.5 Å². The Hall–Kier alpha value is -4.72. The number of ketones is 1. The number of nitrogens with zero attached hydrogens (tertiary/aromatic N) is 1. The zero-order chi connectivity index (χ0) is 39.8. The molecule has 296 valence electrons. The molecule has 9 atom stereocenters. The molecular weight excluding hydrogens is 709 g/mol. The van der Waals surface area contributed by atoms with Gasteiger partial charge in [0.05, 0.1) is 31.4 Å². The molecule has 1 unspecified atom stereocenters. The number of carbonyl (C=O) groups is 2. The molecule has 2 bridgehead atoms. The Morgan fingerprint density at radius 1 is 0.842 bits per heavy atom. The fourth-order valence-electron chi connectivity index (χ4n) is 12.7. The molecule has 0 heterocycles. The second-order valence-corrected chi connectivity index (χ2v) is 18.4. The molecule has 6 aliphatic carbocycles. The highest BCUT2D eigenvalue weighted by atomic mass is 16.5. The molecule has 3 N–H and O–H groups in total. The fraction of sp³-hybridized carbons (Fsp3) is 0.440. The molecule has 4 aromatic rings. The first-order chi connectivity index (χ1) is 27.4. The molecule has 7 nitrogen and oxygen atoms in total. The van der Waals surface area contributed by atoms with Crippen LogP contribution >= 0.6 is 0 Å². The molecule has 0 radical (unpaired) electrons. The van der Waals surface area contributed by atoms with Gasteiger partial charge in [-0.2, -0.15) is 0 Å². The number of ether oxygens (including phenoxy) is 1. The first kappa shape index (κ1) is 37.8. The van der Waals surface area contributed by atoms with Gasteiger partial charge in [-0.15, -0.1) is 0 Å². The van der Waals surface area contributed by atoms with Crippen molar-refractivity contribution in [3.05, 3.63) is 138 Å². The Kier molecular flexibility index (Phi) is 9.09. The van der Waals surface area contributed by atoms with Gasteiger partial charge in [-0.25, -0.2) is 4.79 Å². The first-order valence-electron chi connectivity index (χ1n) is 21.0. The minimum Gasteiger partial charge on any atom is -0.497 e. The van der Waals surface area contributed by atoms with Gasteiger partial charge >= 0.3 is 6.03 Å². The third-order valence-electron chi connectivity index (χ3n) is 15.9. The zero-order valence-corrected chi connectivity index (χ0v) is 33.7. The Morgan fingerprint density at radius 3 is 2.30 bits per heavy atom. The van der Waals surface area contributed by atoms with E-state index in [2.05, 4.69) is 61.7 Å². The number of benzene rings is 4. The molecule has 0 aromatic heterocycles. The van der Waals surface area contributed by atoms with E-state index in [0.29, 0.717) is 30.7 Å². The minimum absolute atomic E-state index is 0.0139. The molecule has 0 saturated heterocycles. The second kappa shape index (κ2) is 13.7. The standard InChI is InChI=1S/C50H56N2O5/c1-33(34-11-6-5-7-12-34)51-45(55)52(31-37-15-10-14-35-13-8-9-16-40(35)37)32-49(56)26-23-43-47(49,3)25-22-42-46(2)24-21-38(53)29-48(46)27-28-50(42,43)41(30-48)44(54)36-17-19-39(57-4)20-18-36/h5-20,27-28,30,33,38,42-43,53,56H,21-26,29,31-32H2,1-4H3,(H,51,55)/t33-,38?,42-,43-,46-,47+,48+,49-,50-/m1/s1. The molecular formula is C50H56N2O5. The SMILES string of the molecule is COc1ccc(C(=O)C2=C[C@@]34C=C[C@@]25[C@@H]2CC[C@@](O)(CN(Cc6cccc7ccccc67)C(=O)N[C@H](C)c6ccccc6)[C@@]2(C)CC[C@@H]5[C@@]3(C)CCC(O)C4)cc1. The fourth-order valence-corrected chi connectivity index (χ4v) is 12.7. The van der Waals surface area contributed by atoms with Crippen LogP contribution in [-0.4, -0.2) is 52.3 Å². The van der Waals surface area contributed by atoms with Crippen LogP contribution in [0.4, 0.5) is 4.79 Å². The lowest BCUT2D eigenvalue weighted by atomic mass is 9.32. The van der Waals surface area contributed by atoms with Crippen molar-refractivity contribution in [3.8, 4) is 5.75 Å². The summed E-state index contributed by atoms with van der Waals surface area (Å²) in [5, 5.41) is 29.9. The Balaban J connectivity index is 1.11. The normalized spacial score (nSPS) is 34.1. The number of amides is 2. The molecule has 2 amide bonds. The van der Waals surface area contributed by atoms with Crippen LogP contribution in [0.3, 0.4) is 0 Å². The van der Waals surface area contributed by atoms with Crippen molar-refractivity contribution >= 4 is 22.6 Å². The highest BCUT2D eigenvalue weighted by Gasteiger charge is 2.74. The second-order valence-electron chi connectivity index (χ2n) is 18.4. The number of nitrogens with one attached hydrogen (secondary N) is 1. The van der Waals surface area contributed by atoms with Crippen molar-refractivity contribution in [1.82, 2.24) is 10.2 Å². The number of carbonyl (C=O) groups excluding carboxylic acids is 2. The predicted octanol–water partition coefficient (Wildman–Crippen LogP) is 9.60. The molecule has 2 spiro atoms. The Bertz CT molecular complexity index is 2260. The van der Waals surface area contributed by atoms with E-state index in [1.807, 2.05) is 84.6 Å². The van der Waals surface area contributed by atoms with Crippen LogP contribution in [0.1, 0.15) is 93.2 Å². The average Bonchev–Trinajstić information content (AvgIpc) is 3.50. The van der Waals surface area contributed by atoms with Crippen LogP contribution in [0.25, 0.3) is 10.8 Å². The van der Waals surface area contributed by atoms with Gasteiger partial charge < -0.3 is 25.2 Å². The van der Waals surface area contributed by atoms with E-state index >= 15 is 4.79 Å². The summed E-state index contributed by atoms with van der Waals surface area (Å²) in [5.41, 5.74) is 0.512. The zero-order valence-electron chi connectivity index (χ0n) is 33.7. The molecule has 7 heteroatoms. The number of hydrogen-bond acceptors (Lipinski definition) is 5. The maximum absolute atomic E-state index is 15.0. The van der Waals surface area contributed by atoms with Gasteiger partial charge in [-0.1, -0.05) is 105 Å². The smallest absolute Gasteiger partial charge is 0.318 e. The van der Waals surface area contributed by atoms with Gasteiger partial charge in [0, 0.05) is 33.9 Å². The maximum Gasteiger partial charge on any atom is 0.318 e. The number of fused-ring (bicyclic) bond motifs is 2. The van der Waals surface area contributed by atoms with Crippen molar-refractivity contribution in [3.63, 3.8) is 0 Å². The van der Waals surface area contributed by atoms with E-state index in [4.69, 9.17) is 4.74 Å². The maximum atomic E-state index is 15.0. The number of urea groups is 1. The summed E-state index contributed by atoms with van der Waals surface area (Å²) in [7, 11) is 1.63. The summed E-state index contributed by atoms with van der Waals surface area (Å²) in [4.78, 5) is 31.4. The van der Waals surface area contributed by atoms with Gasteiger partial charge in [0.2, 0.25) is 0 Å². The molecule has 3 saturated carbocycles. The predicted molar refractivity (Wildman–Crippen MR) is 224 cm³/mol. The number of hydrogen-bond donors (Lipinski definition) is 3. The van der Waals surface area contributed by atoms with E-state index < -0.39 is 27.9 Å². The van der Waals surface area contributed by atoms with Crippen molar-refractivity contribution in [2.45, 2.75) is 90.0 Å². The number of methoxy groups -OCH3 is 1. The Labute approximate surface area is 336 Å². The molecule has 3 fully saturated rings. The molecule has 4 aromatic carbocycles. The summed E-state index contributed by atoms with van der Waals surface area (Å²) in [5.74, 6) is 0.850. The van der Waals surface area contributed by atoms with Crippen molar-refractivity contribution in [2.75, 3.05) is 13.7 Å². The van der Waals surface area contributed by atoms with Gasteiger partial charge in [0.15, 0.2) is 5.78 Å². The van der Waals surface area contributed by atoms with Gasteiger partial charge in [-0.05, 0) is 115 Å². The summed E-state index contributed by atoms with van der Waals surface area (Å²) in [6.45, 7) is 7.15. The van der Waals surface area contributed by atoms with E-state index in [9.17, 15) is 15.0 Å². The summed E-state index contributed by atoms with van der Waals surface area (Å²) >= 11 is 0. The molecule has 6 aliphatic rings. The number of aliphatic hydroxyl groups excluding tert-OH is 1. The number of aliphatic hydroxyl groups is 2. The lowest BCUT2D eigenvalue weighted by Gasteiger charge is -2.71. The topological polar surface area (TPSA) is 99.1 Å². The van der Waals surface area contributed by atoms with Gasteiger partial charge in [0.25, 0.3) is 0 Å². The van der Waals surface area contributed by atoms with Crippen LogP contribution in [0.15, 0.2) is 121 Å². The third-order valence-corrected chi connectivity index (χ3v) is 15.9. The van der Waals surface area contributed by atoms with Crippen LogP contribution in [0.5, 0.6) is 5.75 Å². The van der Waals surface area contributed by atoms with Gasteiger partial charge in [0.1, 0.15) is 5.75 Å². The average molecular weight is 765 g/mol. The van der Waals surface area contributed by atoms with E-state index in [0.717, 1.165) is 59.6 Å². The van der Waals surface area contributed by atoms with E-state index in [-0.39, 0.29) is 41.7 Å². The number of allylic oxidation sites excluding steroid dienone is 4. The lowest BCUT2D eigenvalue weighted by Crippen LogP contribution is -2.67. The van der Waals surface area contributed by atoms with Crippen molar-refractivity contribution < 1.29 is 24.5 Å². The lowest BCUT2D eigenvalue weighted by molar-refractivity contribution is -0.174. The summed E-state index contributed by atoms with van der Waals surface area (Å²) < 4.78 is 5.44. The molecule has 57 heavy (non-hydrogen) atoms. The minimum atomic E-state index is -1.22. The highest BCUT2D eigenvalue weighted by molar-refractivity contribution is 6.10. The van der Waals surface area contributed by atoms with E-state index in [1.165, 1.54) is 0 Å². The number of Topliss-reactive ketones (excluding diaryl/α,β-unsaturated/α-hetero) is 1. The Morgan fingerprint density at radius 2 is 1.53 bits per heavy atom. The first-order valence-corrected chi connectivity index (χ1v) is 21.0.